The van der Waals surface area contributed by atoms with E-state index in [1.54, 1.807) is 18.2 Å². The average molecular weight is 287 g/mol. The van der Waals surface area contributed by atoms with E-state index in [1.165, 1.54) is 12.3 Å². The van der Waals surface area contributed by atoms with Crippen molar-refractivity contribution in [3.05, 3.63) is 51.9 Å². The maximum atomic E-state index is 10.8. The van der Waals surface area contributed by atoms with Crippen LogP contribution in [0.15, 0.2) is 34.9 Å². The van der Waals surface area contributed by atoms with Crippen molar-refractivity contribution in [2.24, 2.45) is 0 Å². The monoisotopic (exact) mass is 286 g/mol. The van der Waals surface area contributed by atoms with Crippen LogP contribution in [0.5, 0.6) is 5.75 Å². The van der Waals surface area contributed by atoms with Gasteiger partial charge in [-0.15, -0.1) is 0 Å². The van der Waals surface area contributed by atoms with Crippen molar-refractivity contribution >= 4 is 29.2 Å². The molecule has 4 nitrogen and oxygen atoms in total. The highest BCUT2D eigenvalue weighted by Crippen LogP contribution is 2.32. The molecule has 0 spiro atoms. The molecular formula is C12H8Cl2O4. The number of ether oxygens (including phenoxy) is 1. The predicted molar refractivity (Wildman–Crippen MR) is 66.5 cm³/mol. The third kappa shape index (κ3) is 2.60. The van der Waals surface area contributed by atoms with Crippen molar-refractivity contribution in [3.63, 3.8) is 0 Å². The van der Waals surface area contributed by atoms with E-state index >= 15 is 0 Å². The number of halogens is 2. The van der Waals surface area contributed by atoms with Gasteiger partial charge < -0.3 is 14.3 Å². The van der Waals surface area contributed by atoms with Gasteiger partial charge in [0, 0.05) is 5.56 Å². The first-order chi connectivity index (χ1) is 8.59. The SMILES string of the molecule is O=C(O)c1occc1COc1cccc(Cl)c1Cl. The normalized spacial score (nSPS) is 10.3. The van der Waals surface area contributed by atoms with Crippen LogP contribution in [0.3, 0.4) is 0 Å². The Balaban J connectivity index is 2.14. The van der Waals surface area contributed by atoms with Crippen molar-refractivity contribution in [3.8, 4) is 5.75 Å². The molecule has 0 aliphatic rings. The van der Waals surface area contributed by atoms with Crippen LogP contribution in [0, 0.1) is 0 Å². The molecule has 1 aromatic heterocycles. The molecule has 1 heterocycles. The maximum absolute atomic E-state index is 10.8. The molecule has 2 aromatic rings. The molecule has 0 unspecified atom stereocenters. The van der Waals surface area contributed by atoms with Gasteiger partial charge in [0.15, 0.2) is 0 Å². The molecule has 0 amide bonds. The number of hydrogen-bond donors (Lipinski definition) is 1. The average Bonchev–Trinajstić information content (AvgIpc) is 2.79. The second kappa shape index (κ2) is 5.33. The van der Waals surface area contributed by atoms with Gasteiger partial charge >= 0.3 is 5.97 Å². The van der Waals surface area contributed by atoms with E-state index in [1.807, 2.05) is 0 Å². The largest absolute Gasteiger partial charge is 0.487 e. The van der Waals surface area contributed by atoms with Crippen molar-refractivity contribution in [2.75, 3.05) is 0 Å². The predicted octanol–water partition coefficient (Wildman–Crippen LogP) is 3.86. The van der Waals surface area contributed by atoms with Crippen LogP contribution in [0.2, 0.25) is 10.0 Å². The van der Waals surface area contributed by atoms with Gasteiger partial charge in [-0.25, -0.2) is 4.79 Å². The van der Waals surface area contributed by atoms with Crippen molar-refractivity contribution in [1.29, 1.82) is 0 Å². The molecule has 1 aromatic carbocycles. The summed E-state index contributed by atoms with van der Waals surface area (Å²) in [5.74, 6) is -0.898. The van der Waals surface area contributed by atoms with E-state index in [9.17, 15) is 4.79 Å². The summed E-state index contributed by atoms with van der Waals surface area (Å²) in [4.78, 5) is 10.8. The maximum Gasteiger partial charge on any atom is 0.372 e. The number of aromatic carboxylic acids is 1. The smallest absolute Gasteiger partial charge is 0.372 e. The van der Waals surface area contributed by atoms with Crippen LogP contribution in [-0.2, 0) is 6.61 Å². The lowest BCUT2D eigenvalue weighted by molar-refractivity contribution is 0.0658. The van der Waals surface area contributed by atoms with Crippen molar-refractivity contribution in [1.82, 2.24) is 0 Å². The minimum Gasteiger partial charge on any atom is -0.487 e. The summed E-state index contributed by atoms with van der Waals surface area (Å²) in [5.41, 5.74) is 0.429. The molecule has 94 valence electrons. The highest BCUT2D eigenvalue weighted by atomic mass is 35.5. The number of rotatable bonds is 4. The minimum absolute atomic E-state index is 0.0399. The Morgan fingerprint density at radius 2 is 2.11 bits per heavy atom. The number of hydrogen-bond acceptors (Lipinski definition) is 3. The van der Waals surface area contributed by atoms with E-state index in [0.717, 1.165) is 0 Å². The van der Waals surface area contributed by atoms with Gasteiger partial charge in [0.05, 0.1) is 11.3 Å². The van der Waals surface area contributed by atoms with Gasteiger partial charge in [-0.3, -0.25) is 0 Å². The first kappa shape index (κ1) is 12.8. The fraction of sp³-hybridized carbons (Fsp3) is 0.0833. The molecule has 0 fully saturated rings. The summed E-state index contributed by atoms with van der Waals surface area (Å²) >= 11 is 11.8. The van der Waals surface area contributed by atoms with Crippen LogP contribution in [0.25, 0.3) is 0 Å². The molecule has 0 saturated heterocycles. The number of carboxylic acid groups (broad SMARTS) is 1. The lowest BCUT2D eigenvalue weighted by Gasteiger charge is -2.07. The van der Waals surface area contributed by atoms with Crippen LogP contribution in [0.1, 0.15) is 16.1 Å². The number of carboxylic acids is 1. The molecule has 0 aliphatic heterocycles. The second-order valence-corrected chi connectivity index (χ2v) is 4.21. The Labute approximate surface area is 113 Å². The fourth-order valence-corrected chi connectivity index (χ4v) is 1.73. The summed E-state index contributed by atoms with van der Waals surface area (Å²) in [5, 5.41) is 9.52. The van der Waals surface area contributed by atoms with E-state index in [0.29, 0.717) is 21.4 Å². The number of benzene rings is 1. The Morgan fingerprint density at radius 1 is 1.33 bits per heavy atom. The van der Waals surface area contributed by atoms with Gasteiger partial charge in [-0.1, -0.05) is 29.3 Å². The zero-order valence-electron chi connectivity index (χ0n) is 9.02. The Hall–Kier alpha value is -1.65. The molecule has 0 aliphatic carbocycles. The van der Waals surface area contributed by atoms with Gasteiger partial charge in [0.2, 0.25) is 5.76 Å². The fourth-order valence-electron chi connectivity index (χ4n) is 1.39. The van der Waals surface area contributed by atoms with Crippen LogP contribution in [-0.4, -0.2) is 11.1 Å². The van der Waals surface area contributed by atoms with E-state index in [2.05, 4.69) is 0 Å². The minimum atomic E-state index is -1.14. The number of furan rings is 1. The summed E-state index contributed by atoms with van der Waals surface area (Å²) in [6.07, 6.45) is 1.29. The van der Waals surface area contributed by atoms with Gasteiger partial charge in [-0.05, 0) is 18.2 Å². The third-order valence-electron chi connectivity index (χ3n) is 2.24. The zero-order valence-corrected chi connectivity index (χ0v) is 10.5. The number of carbonyl (C=O) groups is 1. The Bertz CT molecular complexity index is 577. The molecule has 0 radical (unpaired) electrons. The molecule has 1 N–H and O–H groups in total. The first-order valence-electron chi connectivity index (χ1n) is 4.96. The summed E-state index contributed by atoms with van der Waals surface area (Å²) in [6.45, 7) is 0.0399. The summed E-state index contributed by atoms with van der Waals surface area (Å²) < 4.78 is 10.2. The highest BCUT2D eigenvalue weighted by molar-refractivity contribution is 6.42. The lowest BCUT2D eigenvalue weighted by Crippen LogP contribution is -2.02. The summed E-state index contributed by atoms with van der Waals surface area (Å²) in [7, 11) is 0. The van der Waals surface area contributed by atoms with Crippen LogP contribution < -0.4 is 4.74 Å². The van der Waals surface area contributed by atoms with Gasteiger partial charge in [0.25, 0.3) is 0 Å². The second-order valence-electron chi connectivity index (χ2n) is 3.42. The van der Waals surface area contributed by atoms with Crippen molar-refractivity contribution in [2.45, 2.75) is 6.61 Å². The molecule has 0 saturated carbocycles. The highest BCUT2D eigenvalue weighted by Gasteiger charge is 2.15. The summed E-state index contributed by atoms with van der Waals surface area (Å²) in [6, 6.07) is 6.50. The molecule has 0 bridgehead atoms. The first-order valence-corrected chi connectivity index (χ1v) is 5.71. The molecule has 0 atom stereocenters. The topological polar surface area (TPSA) is 59.7 Å². The standard InChI is InChI=1S/C12H8Cl2O4/c13-8-2-1-3-9(10(8)14)18-6-7-4-5-17-11(7)12(15)16/h1-5H,6H2,(H,15,16). The Morgan fingerprint density at radius 3 is 2.83 bits per heavy atom. The van der Waals surface area contributed by atoms with Gasteiger partial charge in [0.1, 0.15) is 17.4 Å². The lowest BCUT2D eigenvalue weighted by atomic mass is 10.2. The molecule has 2 rings (SSSR count). The van der Waals surface area contributed by atoms with E-state index in [4.69, 9.17) is 37.5 Å². The van der Waals surface area contributed by atoms with E-state index in [-0.39, 0.29) is 12.4 Å². The molecule has 6 heteroatoms. The van der Waals surface area contributed by atoms with Crippen LogP contribution >= 0.6 is 23.2 Å². The van der Waals surface area contributed by atoms with Crippen LogP contribution in [0.4, 0.5) is 0 Å². The Kier molecular flexibility index (Phi) is 3.79. The third-order valence-corrected chi connectivity index (χ3v) is 3.04. The van der Waals surface area contributed by atoms with E-state index < -0.39 is 5.97 Å². The molecular weight excluding hydrogens is 279 g/mol. The molecule has 18 heavy (non-hydrogen) atoms. The zero-order chi connectivity index (χ0) is 13.1. The quantitative estimate of drug-likeness (QED) is 0.927. The van der Waals surface area contributed by atoms with Crippen molar-refractivity contribution < 1.29 is 19.1 Å². The van der Waals surface area contributed by atoms with Gasteiger partial charge in [-0.2, -0.15) is 0 Å².